The van der Waals surface area contributed by atoms with Gasteiger partial charge in [0, 0.05) is 10.5 Å². The van der Waals surface area contributed by atoms with Crippen molar-refractivity contribution in [3.63, 3.8) is 0 Å². The molecule has 0 saturated carbocycles. The van der Waals surface area contributed by atoms with Crippen molar-refractivity contribution in [2.45, 2.75) is 40.2 Å². The van der Waals surface area contributed by atoms with E-state index in [1.54, 1.807) is 6.07 Å². The molecule has 3 heteroatoms. The van der Waals surface area contributed by atoms with Crippen LogP contribution in [0.25, 0.3) is 0 Å². The Bertz CT molecular complexity index is 377. The molecule has 1 atom stereocenters. The molecular formula is C15H23BrFN. The van der Waals surface area contributed by atoms with Crippen LogP contribution < -0.4 is 5.32 Å². The van der Waals surface area contributed by atoms with Gasteiger partial charge in [0.05, 0.1) is 0 Å². The van der Waals surface area contributed by atoms with Gasteiger partial charge in [0.1, 0.15) is 5.82 Å². The molecule has 0 amide bonds. The van der Waals surface area contributed by atoms with Gasteiger partial charge in [0.2, 0.25) is 0 Å². The zero-order valence-corrected chi connectivity index (χ0v) is 13.2. The molecule has 1 rings (SSSR count). The molecule has 0 aliphatic heterocycles. The second kappa shape index (κ2) is 7.25. The summed E-state index contributed by atoms with van der Waals surface area (Å²) in [6.07, 6.45) is 0.780. The topological polar surface area (TPSA) is 12.0 Å². The molecule has 0 fully saturated rings. The van der Waals surface area contributed by atoms with Gasteiger partial charge in [-0.1, -0.05) is 43.6 Å². The molecule has 18 heavy (non-hydrogen) atoms. The Hall–Kier alpha value is -0.410. The van der Waals surface area contributed by atoms with Crippen LogP contribution >= 0.6 is 15.9 Å². The van der Waals surface area contributed by atoms with Gasteiger partial charge in [-0.15, -0.1) is 0 Å². The summed E-state index contributed by atoms with van der Waals surface area (Å²) < 4.78 is 14.7. The van der Waals surface area contributed by atoms with E-state index in [1.807, 2.05) is 6.07 Å². The molecule has 0 aliphatic carbocycles. The number of benzene rings is 1. The second-order valence-corrected chi connectivity index (χ2v) is 6.42. The lowest BCUT2D eigenvalue weighted by Gasteiger charge is -2.23. The van der Waals surface area contributed by atoms with Gasteiger partial charge in [-0.25, -0.2) is 4.39 Å². The Morgan fingerprint density at radius 3 is 2.44 bits per heavy atom. The highest BCUT2D eigenvalue weighted by Crippen LogP contribution is 2.22. The summed E-state index contributed by atoms with van der Waals surface area (Å²) in [5.74, 6) is 0.888. The van der Waals surface area contributed by atoms with Gasteiger partial charge in [-0.05, 0) is 48.6 Å². The highest BCUT2D eigenvalue weighted by Gasteiger charge is 2.16. The predicted octanol–water partition coefficient (Wildman–Crippen LogP) is 4.40. The minimum atomic E-state index is -0.103. The lowest BCUT2D eigenvalue weighted by Crippen LogP contribution is -2.32. The van der Waals surface area contributed by atoms with Gasteiger partial charge < -0.3 is 5.32 Å². The fourth-order valence-corrected chi connectivity index (χ4v) is 2.32. The van der Waals surface area contributed by atoms with E-state index in [1.165, 1.54) is 6.07 Å². The highest BCUT2D eigenvalue weighted by atomic mass is 79.9. The van der Waals surface area contributed by atoms with E-state index in [2.05, 4.69) is 48.9 Å². The summed E-state index contributed by atoms with van der Waals surface area (Å²) in [6.45, 7) is 9.60. The van der Waals surface area contributed by atoms with Crippen molar-refractivity contribution in [1.82, 2.24) is 5.32 Å². The Morgan fingerprint density at radius 1 is 1.22 bits per heavy atom. The first-order valence-corrected chi connectivity index (χ1v) is 7.36. The van der Waals surface area contributed by atoms with Crippen molar-refractivity contribution >= 4 is 15.9 Å². The fourth-order valence-electron chi connectivity index (χ4n) is 1.91. The zero-order chi connectivity index (χ0) is 13.7. The maximum absolute atomic E-state index is 13.8. The summed E-state index contributed by atoms with van der Waals surface area (Å²) in [6, 6.07) is 5.64. The molecule has 0 heterocycles. The van der Waals surface area contributed by atoms with Crippen LogP contribution in [0.2, 0.25) is 0 Å². The maximum Gasteiger partial charge on any atom is 0.126 e. The molecule has 1 N–H and O–H groups in total. The van der Waals surface area contributed by atoms with E-state index < -0.39 is 0 Å². The molecule has 1 aromatic rings. The molecule has 1 aromatic carbocycles. The van der Waals surface area contributed by atoms with Crippen molar-refractivity contribution < 1.29 is 4.39 Å². The molecule has 0 saturated heterocycles. The van der Waals surface area contributed by atoms with Gasteiger partial charge in [0.25, 0.3) is 0 Å². The average Bonchev–Trinajstić information content (AvgIpc) is 2.28. The third-order valence-corrected chi connectivity index (χ3v) is 3.71. The van der Waals surface area contributed by atoms with Crippen LogP contribution in [0.5, 0.6) is 0 Å². The summed E-state index contributed by atoms with van der Waals surface area (Å²) >= 11 is 3.40. The second-order valence-electron chi connectivity index (χ2n) is 5.51. The number of halogens is 2. The van der Waals surface area contributed by atoms with Crippen LogP contribution in [0.15, 0.2) is 22.7 Å². The monoisotopic (exact) mass is 315 g/mol. The minimum Gasteiger partial charge on any atom is -0.314 e. The first kappa shape index (κ1) is 15.6. The Labute approximate surface area is 118 Å². The lowest BCUT2D eigenvalue weighted by atomic mass is 9.89. The van der Waals surface area contributed by atoms with Crippen LogP contribution in [0.4, 0.5) is 4.39 Å². The standard InChI is InChI=1S/C15H23BrFN/c1-10(2)13(9-18-11(3)4)7-12-8-14(16)5-6-15(12)17/h5-6,8,10-11,13,18H,7,9H2,1-4H3. The first-order valence-electron chi connectivity index (χ1n) is 6.57. The third-order valence-electron chi connectivity index (χ3n) is 3.22. The van der Waals surface area contributed by atoms with Crippen LogP contribution in [0.1, 0.15) is 33.3 Å². The van der Waals surface area contributed by atoms with Crippen molar-refractivity contribution in [2.75, 3.05) is 6.54 Å². The molecule has 0 spiro atoms. The normalized spacial score (nSPS) is 13.3. The van der Waals surface area contributed by atoms with E-state index in [-0.39, 0.29) is 5.82 Å². The van der Waals surface area contributed by atoms with Gasteiger partial charge in [0.15, 0.2) is 0 Å². The summed E-state index contributed by atoms with van der Waals surface area (Å²) in [5, 5.41) is 3.45. The highest BCUT2D eigenvalue weighted by molar-refractivity contribution is 9.10. The minimum absolute atomic E-state index is 0.103. The summed E-state index contributed by atoms with van der Waals surface area (Å²) in [5.41, 5.74) is 0.800. The van der Waals surface area contributed by atoms with Crippen molar-refractivity contribution in [2.24, 2.45) is 11.8 Å². The first-order chi connectivity index (χ1) is 8.40. The molecule has 0 radical (unpaired) electrons. The van der Waals surface area contributed by atoms with E-state index >= 15 is 0 Å². The van der Waals surface area contributed by atoms with Gasteiger partial charge in [-0.2, -0.15) is 0 Å². The van der Waals surface area contributed by atoms with E-state index in [0.29, 0.717) is 17.9 Å². The van der Waals surface area contributed by atoms with E-state index in [0.717, 1.165) is 23.0 Å². The number of hydrogen-bond donors (Lipinski definition) is 1. The van der Waals surface area contributed by atoms with Crippen LogP contribution in [-0.4, -0.2) is 12.6 Å². The molecule has 102 valence electrons. The Morgan fingerprint density at radius 2 is 1.89 bits per heavy atom. The number of nitrogens with one attached hydrogen (secondary N) is 1. The predicted molar refractivity (Wildman–Crippen MR) is 79.3 cm³/mol. The maximum atomic E-state index is 13.8. The smallest absolute Gasteiger partial charge is 0.126 e. The molecule has 1 nitrogen and oxygen atoms in total. The number of hydrogen-bond acceptors (Lipinski definition) is 1. The largest absolute Gasteiger partial charge is 0.314 e. The SMILES string of the molecule is CC(C)NCC(Cc1cc(Br)ccc1F)C(C)C. The fraction of sp³-hybridized carbons (Fsp3) is 0.600. The quantitative estimate of drug-likeness (QED) is 0.820. The molecule has 0 bridgehead atoms. The van der Waals surface area contributed by atoms with Gasteiger partial charge in [-0.3, -0.25) is 0 Å². The number of rotatable bonds is 6. The van der Waals surface area contributed by atoms with Crippen LogP contribution in [0.3, 0.4) is 0 Å². The Kier molecular flexibility index (Phi) is 6.30. The summed E-state index contributed by atoms with van der Waals surface area (Å²) in [7, 11) is 0. The van der Waals surface area contributed by atoms with Crippen molar-refractivity contribution in [3.8, 4) is 0 Å². The van der Waals surface area contributed by atoms with E-state index in [4.69, 9.17) is 0 Å². The molecule has 0 aromatic heterocycles. The molecule has 0 aliphatic rings. The van der Waals surface area contributed by atoms with E-state index in [9.17, 15) is 4.39 Å². The van der Waals surface area contributed by atoms with Gasteiger partial charge >= 0.3 is 0 Å². The van der Waals surface area contributed by atoms with Crippen molar-refractivity contribution in [3.05, 3.63) is 34.1 Å². The summed E-state index contributed by atoms with van der Waals surface area (Å²) in [4.78, 5) is 0. The molecule has 1 unspecified atom stereocenters. The van der Waals surface area contributed by atoms with Crippen LogP contribution in [0, 0.1) is 17.7 Å². The average molecular weight is 316 g/mol. The van der Waals surface area contributed by atoms with Crippen LogP contribution in [-0.2, 0) is 6.42 Å². The lowest BCUT2D eigenvalue weighted by molar-refractivity contribution is 0.345. The van der Waals surface area contributed by atoms with Crippen molar-refractivity contribution in [1.29, 1.82) is 0 Å². The molecular weight excluding hydrogens is 293 g/mol. The third kappa shape index (κ3) is 5.07. The Balaban J connectivity index is 2.73. The zero-order valence-electron chi connectivity index (χ0n) is 11.6.